The van der Waals surface area contributed by atoms with Crippen LogP contribution in [0, 0.1) is 23.2 Å². The minimum Gasteiger partial charge on any atom is -0.206 e. The molecule has 0 atom stereocenters. The third kappa shape index (κ3) is 1.75. The lowest BCUT2D eigenvalue weighted by molar-refractivity contribution is 0.607. The van der Waals surface area contributed by atoms with E-state index in [1.807, 2.05) is 6.07 Å². The van der Waals surface area contributed by atoms with Gasteiger partial charge in [0.2, 0.25) is 0 Å². The summed E-state index contributed by atoms with van der Waals surface area (Å²) in [4.78, 5) is 0. The minimum absolute atomic E-state index is 0.114. The Morgan fingerprint density at radius 2 is 2.00 bits per heavy atom. The van der Waals surface area contributed by atoms with Gasteiger partial charge in [-0.3, -0.25) is 0 Å². The van der Waals surface area contributed by atoms with Crippen molar-refractivity contribution in [2.45, 2.75) is 13.8 Å². The molecule has 0 amide bonds. The largest absolute Gasteiger partial charge is 0.206 e. The highest BCUT2D eigenvalue weighted by atomic mass is 127. The molecule has 0 heterocycles. The molecule has 0 unspecified atom stereocenters. The van der Waals surface area contributed by atoms with Crippen LogP contribution in [0.1, 0.15) is 11.1 Å². The van der Waals surface area contributed by atoms with E-state index < -0.39 is 0 Å². The first kappa shape index (κ1) is 9.45. The smallest absolute Gasteiger partial charge is 0.130 e. The first-order valence-corrected chi connectivity index (χ1v) is 5.02. The quantitative estimate of drug-likeness (QED) is 0.502. The van der Waals surface area contributed by atoms with Gasteiger partial charge in [0.15, 0.2) is 0 Å². The second-order valence-corrected chi connectivity index (χ2v) is 4.38. The first-order chi connectivity index (χ1) is 5.04. The molecule has 0 radical (unpaired) electrons. The Balaban J connectivity index is 3.46. The van der Waals surface area contributed by atoms with Crippen LogP contribution in [0.3, 0.4) is 0 Å². The summed E-state index contributed by atoms with van der Waals surface area (Å²) in [7, 11) is 0. The fraction of sp³-hybridized carbons (Fsp3) is 0.250. The Labute approximate surface area is 87.5 Å². The molecule has 0 bridgehead atoms. The molecular weight excluding hydrogens is 322 g/mol. The predicted octanol–water partition coefficient (Wildman–Crippen LogP) is 3.81. The Morgan fingerprint density at radius 1 is 1.45 bits per heavy atom. The molecule has 0 aliphatic heterocycles. The van der Waals surface area contributed by atoms with Crippen LogP contribution < -0.4 is 0 Å². The topological polar surface area (TPSA) is 0 Å². The van der Waals surface area contributed by atoms with Crippen LogP contribution >= 0.6 is 38.5 Å². The summed E-state index contributed by atoms with van der Waals surface area (Å²) >= 11 is 5.50. The summed E-state index contributed by atoms with van der Waals surface area (Å²) in [6, 6.07) is 1.83. The summed E-state index contributed by atoms with van der Waals surface area (Å²) in [5.41, 5.74) is 1.39. The third-order valence-corrected chi connectivity index (χ3v) is 4.17. The van der Waals surface area contributed by atoms with Gasteiger partial charge in [-0.15, -0.1) is 0 Å². The Morgan fingerprint density at radius 3 is 2.55 bits per heavy atom. The lowest BCUT2D eigenvalue weighted by Crippen LogP contribution is -1.91. The Bertz CT molecular complexity index is 270. The maximum Gasteiger partial charge on any atom is 0.130 e. The van der Waals surface area contributed by atoms with Crippen molar-refractivity contribution in [2.24, 2.45) is 0 Å². The zero-order chi connectivity index (χ0) is 8.59. The molecule has 60 valence electrons. The number of hydrogen-bond acceptors (Lipinski definition) is 0. The van der Waals surface area contributed by atoms with Crippen molar-refractivity contribution in [1.29, 1.82) is 0 Å². The number of aryl methyl sites for hydroxylation is 1. The fourth-order valence-electron chi connectivity index (χ4n) is 0.888. The van der Waals surface area contributed by atoms with Gasteiger partial charge in [0, 0.05) is 13.6 Å². The normalized spacial score (nSPS) is 10.3. The Hall–Kier alpha value is 0.360. The average molecular weight is 329 g/mol. The van der Waals surface area contributed by atoms with Gasteiger partial charge in [-0.1, -0.05) is 0 Å². The zero-order valence-corrected chi connectivity index (χ0v) is 9.95. The van der Waals surface area contributed by atoms with E-state index >= 15 is 0 Å². The van der Waals surface area contributed by atoms with Gasteiger partial charge in [0.1, 0.15) is 5.82 Å². The average Bonchev–Trinajstić information content (AvgIpc) is 1.97. The molecule has 0 aromatic heterocycles. The molecule has 0 nitrogen and oxygen atoms in total. The molecule has 0 saturated carbocycles. The van der Waals surface area contributed by atoms with Crippen LogP contribution in [0.2, 0.25) is 0 Å². The molecule has 0 spiro atoms. The molecule has 1 aromatic rings. The van der Waals surface area contributed by atoms with Crippen molar-refractivity contribution in [3.05, 3.63) is 31.1 Å². The van der Waals surface area contributed by atoms with Crippen molar-refractivity contribution >= 4 is 38.5 Å². The van der Waals surface area contributed by atoms with Crippen molar-refractivity contribution in [2.75, 3.05) is 0 Å². The van der Waals surface area contributed by atoms with Crippen LogP contribution in [-0.2, 0) is 0 Å². The highest BCUT2D eigenvalue weighted by molar-refractivity contribution is 14.1. The van der Waals surface area contributed by atoms with E-state index in [4.69, 9.17) is 0 Å². The minimum atomic E-state index is -0.114. The molecule has 3 heteroatoms. The van der Waals surface area contributed by atoms with Crippen molar-refractivity contribution in [3.63, 3.8) is 0 Å². The predicted molar refractivity (Wildman–Crippen MR) is 56.3 cm³/mol. The first-order valence-electron chi connectivity index (χ1n) is 3.14. The molecule has 0 aliphatic carbocycles. The van der Waals surface area contributed by atoms with Gasteiger partial charge in [-0.2, -0.15) is 0 Å². The standard InChI is InChI=1S/C8H7BrFI/c1-4-3-6(11)7(9)5(2)8(4)10/h3H,1-2H3. The lowest BCUT2D eigenvalue weighted by Gasteiger charge is -2.05. The summed E-state index contributed by atoms with van der Waals surface area (Å²) in [5, 5.41) is 0. The van der Waals surface area contributed by atoms with E-state index in [2.05, 4.69) is 38.5 Å². The summed E-state index contributed by atoms with van der Waals surface area (Å²) in [5.74, 6) is -0.114. The zero-order valence-electron chi connectivity index (χ0n) is 6.21. The SMILES string of the molecule is Cc1cc(I)c(Br)c(C)c1F. The van der Waals surface area contributed by atoms with Crippen molar-refractivity contribution in [1.82, 2.24) is 0 Å². The highest BCUT2D eigenvalue weighted by Gasteiger charge is 2.08. The van der Waals surface area contributed by atoms with E-state index in [1.165, 1.54) is 0 Å². The molecule has 1 rings (SSSR count). The second kappa shape index (κ2) is 3.39. The number of rotatable bonds is 0. The van der Waals surface area contributed by atoms with E-state index in [0.717, 1.165) is 8.04 Å². The number of hydrogen-bond donors (Lipinski definition) is 0. The summed E-state index contributed by atoms with van der Waals surface area (Å²) in [6.45, 7) is 3.55. The van der Waals surface area contributed by atoms with E-state index in [-0.39, 0.29) is 5.82 Å². The second-order valence-electron chi connectivity index (χ2n) is 2.43. The summed E-state index contributed by atoms with van der Waals surface area (Å²) < 4.78 is 15.1. The maximum atomic E-state index is 13.1. The molecule has 0 saturated heterocycles. The van der Waals surface area contributed by atoms with Crippen molar-refractivity contribution in [3.8, 4) is 0 Å². The van der Waals surface area contributed by atoms with Crippen LogP contribution in [0.25, 0.3) is 0 Å². The van der Waals surface area contributed by atoms with Crippen molar-refractivity contribution < 1.29 is 4.39 Å². The molecule has 1 aromatic carbocycles. The molecule has 0 fully saturated rings. The van der Waals surface area contributed by atoms with Gasteiger partial charge >= 0.3 is 0 Å². The van der Waals surface area contributed by atoms with Crippen LogP contribution in [0.5, 0.6) is 0 Å². The van der Waals surface area contributed by atoms with Gasteiger partial charge < -0.3 is 0 Å². The molecule has 0 N–H and O–H groups in total. The van der Waals surface area contributed by atoms with E-state index in [0.29, 0.717) is 11.1 Å². The van der Waals surface area contributed by atoms with Crippen LogP contribution in [0.4, 0.5) is 4.39 Å². The van der Waals surface area contributed by atoms with Gasteiger partial charge in [-0.05, 0) is 64.0 Å². The van der Waals surface area contributed by atoms with Gasteiger partial charge in [0.05, 0.1) is 0 Å². The van der Waals surface area contributed by atoms with Gasteiger partial charge in [-0.25, -0.2) is 4.39 Å². The monoisotopic (exact) mass is 328 g/mol. The Kier molecular flexibility index (Phi) is 2.91. The lowest BCUT2D eigenvalue weighted by atomic mass is 10.1. The molecule has 11 heavy (non-hydrogen) atoms. The molecular formula is C8H7BrFI. The van der Waals surface area contributed by atoms with E-state index in [9.17, 15) is 4.39 Å². The number of benzene rings is 1. The van der Waals surface area contributed by atoms with E-state index in [1.54, 1.807) is 13.8 Å². The van der Waals surface area contributed by atoms with Crippen LogP contribution in [0.15, 0.2) is 10.5 Å². The third-order valence-electron chi connectivity index (χ3n) is 1.56. The van der Waals surface area contributed by atoms with Crippen LogP contribution in [-0.4, -0.2) is 0 Å². The van der Waals surface area contributed by atoms with Gasteiger partial charge in [0.25, 0.3) is 0 Å². The molecule has 0 aliphatic rings. The highest BCUT2D eigenvalue weighted by Crippen LogP contribution is 2.27. The summed E-state index contributed by atoms with van der Waals surface area (Å²) in [6.07, 6.45) is 0. The maximum absolute atomic E-state index is 13.1. The fourth-order valence-corrected chi connectivity index (χ4v) is 2.05. The number of halogens is 3.